The summed E-state index contributed by atoms with van der Waals surface area (Å²) in [6.07, 6.45) is 2.98. The molecule has 0 saturated heterocycles. The maximum Gasteiger partial charge on any atom is 0.256 e. The zero-order valence-electron chi connectivity index (χ0n) is 12.6. The van der Waals surface area contributed by atoms with Crippen LogP contribution in [-0.4, -0.2) is 20.9 Å². The molecule has 1 aromatic carbocycles. The predicted molar refractivity (Wildman–Crippen MR) is 87.2 cm³/mol. The van der Waals surface area contributed by atoms with Crippen LogP contribution in [0.1, 0.15) is 16.1 Å². The van der Waals surface area contributed by atoms with Gasteiger partial charge in [0.25, 0.3) is 5.91 Å². The minimum atomic E-state index is -0.399. The van der Waals surface area contributed by atoms with Crippen molar-refractivity contribution in [2.24, 2.45) is 0 Å². The highest BCUT2D eigenvalue weighted by Gasteiger charge is 2.13. The molecule has 0 unspecified atom stereocenters. The summed E-state index contributed by atoms with van der Waals surface area (Å²) in [6.45, 7) is 0.269. The number of nitrogens with two attached hydrogens (primary N) is 1. The number of pyridine rings is 1. The molecule has 24 heavy (non-hydrogen) atoms. The molecule has 3 aromatic rings. The lowest BCUT2D eigenvalue weighted by atomic mass is 10.2. The largest absolute Gasteiger partial charge is 0.383 e. The molecule has 2 heterocycles. The SMILES string of the molecule is Nc1nc(-c2cccc(F)c2)ncc1C(=O)NCc1ccccn1. The molecule has 3 N–H and O–H groups in total. The van der Waals surface area contributed by atoms with Crippen LogP contribution in [0.4, 0.5) is 10.2 Å². The number of hydrogen-bond donors (Lipinski definition) is 2. The molecule has 120 valence electrons. The molecule has 0 spiro atoms. The van der Waals surface area contributed by atoms with Crippen molar-refractivity contribution in [3.8, 4) is 11.4 Å². The first-order valence-corrected chi connectivity index (χ1v) is 7.20. The van der Waals surface area contributed by atoms with Gasteiger partial charge in [0.1, 0.15) is 11.6 Å². The number of rotatable bonds is 4. The topological polar surface area (TPSA) is 93.8 Å². The van der Waals surface area contributed by atoms with Gasteiger partial charge >= 0.3 is 0 Å². The fourth-order valence-corrected chi connectivity index (χ4v) is 2.11. The first kappa shape index (κ1) is 15.5. The van der Waals surface area contributed by atoms with Crippen molar-refractivity contribution in [1.82, 2.24) is 20.3 Å². The van der Waals surface area contributed by atoms with Crippen molar-refractivity contribution in [2.45, 2.75) is 6.54 Å². The normalized spacial score (nSPS) is 10.4. The third-order valence-corrected chi connectivity index (χ3v) is 3.30. The summed E-state index contributed by atoms with van der Waals surface area (Å²) in [4.78, 5) is 24.5. The van der Waals surface area contributed by atoms with Gasteiger partial charge in [-0.3, -0.25) is 9.78 Å². The molecule has 2 aromatic heterocycles. The number of nitrogen functional groups attached to an aromatic ring is 1. The van der Waals surface area contributed by atoms with Crippen molar-refractivity contribution in [3.05, 3.63) is 71.9 Å². The van der Waals surface area contributed by atoms with Gasteiger partial charge in [-0.05, 0) is 24.3 Å². The lowest BCUT2D eigenvalue weighted by molar-refractivity contribution is 0.0950. The minimum absolute atomic E-state index is 0.0304. The molecule has 3 rings (SSSR count). The number of halogens is 1. The van der Waals surface area contributed by atoms with Gasteiger partial charge in [0.2, 0.25) is 0 Å². The molecule has 0 aliphatic rings. The minimum Gasteiger partial charge on any atom is -0.383 e. The number of carbonyl (C=O) groups excluding carboxylic acids is 1. The van der Waals surface area contributed by atoms with Crippen molar-refractivity contribution in [3.63, 3.8) is 0 Å². The second-order valence-electron chi connectivity index (χ2n) is 5.01. The van der Waals surface area contributed by atoms with E-state index in [1.54, 1.807) is 30.5 Å². The van der Waals surface area contributed by atoms with E-state index in [0.29, 0.717) is 5.56 Å². The number of amides is 1. The predicted octanol–water partition coefficient (Wildman–Crippen LogP) is 2.19. The molecule has 0 aliphatic heterocycles. The summed E-state index contributed by atoms with van der Waals surface area (Å²) >= 11 is 0. The van der Waals surface area contributed by atoms with Gasteiger partial charge in [0, 0.05) is 18.0 Å². The Labute approximate surface area is 137 Å². The quantitative estimate of drug-likeness (QED) is 0.767. The molecule has 0 aliphatic carbocycles. The average Bonchev–Trinajstić information content (AvgIpc) is 2.60. The van der Waals surface area contributed by atoms with E-state index in [1.165, 1.54) is 18.3 Å². The van der Waals surface area contributed by atoms with E-state index in [0.717, 1.165) is 5.69 Å². The van der Waals surface area contributed by atoms with Gasteiger partial charge in [-0.15, -0.1) is 0 Å². The Morgan fingerprint density at radius 3 is 2.75 bits per heavy atom. The number of aromatic nitrogens is 3. The Morgan fingerprint density at radius 2 is 2.04 bits per heavy atom. The maximum atomic E-state index is 13.3. The van der Waals surface area contributed by atoms with Crippen LogP contribution < -0.4 is 11.1 Å². The van der Waals surface area contributed by atoms with Gasteiger partial charge in [0.05, 0.1) is 17.8 Å². The monoisotopic (exact) mass is 323 g/mol. The van der Waals surface area contributed by atoms with Crippen LogP contribution in [0, 0.1) is 5.82 Å². The number of carbonyl (C=O) groups is 1. The van der Waals surface area contributed by atoms with Crippen molar-refractivity contribution in [1.29, 1.82) is 0 Å². The summed E-state index contributed by atoms with van der Waals surface area (Å²) in [5.74, 6) is -0.508. The van der Waals surface area contributed by atoms with E-state index in [-0.39, 0.29) is 23.8 Å². The van der Waals surface area contributed by atoms with Gasteiger partial charge in [-0.2, -0.15) is 0 Å². The Kier molecular flexibility index (Phi) is 4.42. The molecule has 0 atom stereocenters. The van der Waals surface area contributed by atoms with E-state index in [1.807, 2.05) is 6.07 Å². The second kappa shape index (κ2) is 6.82. The average molecular weight is 323 g/mol. The smallest absolute Gasteiger partial charge is 0.256 e. The number of benzene rings is 1. The summed E-state index contributed by atoms with van der Waals surface area (Å²) in [5.41, 5.74) is 7.22. The Bertz CT molecular complexity index is 870. The van der Waals surface area contributed by atoms with Gasteiger partial charge < -0.3 is 11.1 Å². The zero-order chi connectivity index (χ0) is 16.9. The third-order valence-electron chi connectivity index (χ3n) is 3.30. The van der Waals surface area contributed by atoms with E-state index in [9.17, 15) is 9.18 Å². The third kappa shape index (κ3) is 3.52. The van der Waals surface area contributed by atoms with E-state index in [2.05, 4.69) is 20.3 Å². The zero-order valence-corrected chi connectivity index (χ0v) is 12.6. The standard InChI is InChI=1S/C17H14FN5O/c18-12-5-3-4-11(8-12)16-21-10-14(15(19)23-16)17(24)22-9-13-6-1-2-7-20-13/h1-8,10H,9H2,(H,22,24)(H2,19,21,23). The van der Waals surface area contributed by atoms with Crippen LogP contribution in [0.15, 0.2) is 54.9 Å². The van der Waals surface area contributed by atoms with E-state index in [4.69, 9.17) is 5.73 Å². The molecule has 0 bridgehead atoms. The number of hydrogen-bond acceptors (Lipinski definition) is 5. The second-order valence-corrected chi connectivity index (χ2v) is 5.01. The first-order valence-electron chi connectivity index (χ1n) is 7.20. The van der Waals surface area contributed by atoms with Crippen LogP contribution in [0.25, 0.3) is 11.4 Å². The summed E-state index contributed by atoms with van der Waals surface area (Å²) in [5, 5.41) is 2.70. The van der Waals surface area contributed by atoms with Crippen LogP contribution in [0.5, 0.6) is 0 Å². The van der Waals surface area contributed by atoms with Crippen LogP contribution in [-0.2, 0) is 6.54 Å². The Balaban J connectivity index is 1.76. The summed E-state index contributed by atoms with van der Waals surface area (Å²) in [6, 6.07) is 11.3. The van der Waals surface area contributed by atoms with Gasteiger partial charge in [0.15, 0.2) is 5.82 Å². The lowest BCUT2D eigenvalue weighted by Gasteiger charge is -2.08. The maximum absolute atomic E-state index is 13.3. The number of nitrogens with zero attached hydrogens (tertiary/aromatic N) is 3. The summed E-state index contributed by atoms with van der Waals surface area (Å²) in [7, 11) is 0. The van der Waals surface area contributed by atoms with Crippen LogP contribution >= 0.6 is 0 Å². The Morgan fingerprint density at radius 1 is 1.17 bits per heavy atom. The summed E-state index contributed by atoms with van der Waals surface area (Å²) < 4.78 is 13.3. The highest BCUT2D eigenvalue weighted by Crippen LogP contribution is 2.18. The highest BCUT2D eigenvalue weighted by molar-refractivity contribution is 5.98. The Hall–Kier alpha value is -3.35. The molecule has 1 amide bonds. The van der Waals surface area contributed by atoms with Crippen LogP contribution in [0.3, 0.4) is 0 Å². The molecular formula is C17H14FN5O. The highest BCUT2D eigenvalue weighted by atomic mass is 19.1. The molecule has 6 nitrogen and oxygen atoms in total. The molecule has 0 saturated carbocycles. The lowest BCUT2D eigenvalue weighted by Crippen LogP contribution is -2.25. The molecule has 0 radical (unpaired) electrons. The number of nitrogens with one attached hydrogen (secondary N) is 1. The van der Waals surface area contributed by atoms with Crippen molar-refractivity contribution >= 4 is 11.7 Å². The number of anilines is 1. The van der Waals surface area contributed by atoms with Crippen molar-refractivity contribution < 1.29 is 9.18 Å². The molecule has 0 fully saturated rings. The van der Waals surface area contributed by atoms with E-state index >= 15 is 0 Å². The molecular weight excluding hydrogens is 309 g/mol. The van der Waals surface area contributed by atoms with Crippen molar-refractivity contribution in [2.75, 3.05) is 5.73 Å². The molecule has 7 heteroatoms. The van der Waals surface area contributed by atoms with Gasteiger partial charge in [-0.1, -0.05) is 18.2 Å². The fraction of sp³-hybridized carbons (Fsp3) is 0.0588. The first-order chi connectivity index (χ1) is 11.6. The van der Waals surface area contributed by atoms with Crippen LogP contribution in [0.2, 0.25) is 0 Å². The van der Waals surface area contributed by atoms with E-state index < -0.39 is 11.7 Å². The van der Waals surface area contributed by atoms with Gasteiger partial charge in [-0.25, -0.2) is 14.4 Å². The fourth-order valence-electron chi connectivity index (χ4n) is 2.11.